The molecule has 2 rings (SSSR count). The van der Waals surface area contributed by atoms with Crippen molar-refractivity contribution in [3.63, 3.8) is 0 Å². The summed E-state index contributed by atoms with van der Waals surface area (Å²) in [5, 5.41) is 0. The zero-order valence-electron chi connectivity index (χ0n) is 7.49. The number of ether oxygens (including phenoxy) is 1. The Morgan fingerprint density at radius 1 is 1.42 bits per heavy atom. The predicted molar refractivity (Wildman–Crippen MR) is 51.1 cm³/mol. The molecule has 0 aromatic rings. The zero-order valence-corrected chi connectivity index (χ0v) is 8.39. The number of nitrogens with zero attached hydrogens (tertiary/aromatic N) is 2. The topological polar surface area (TPSA) is 15.7 Å². The van der Waals surface area contributed by atoms with Crippen molar-refractivity contribution >= 4 is 12.8 Å². The molecule has 0 amide bonds. The second-order valence-electron chi connectivity index (χ2n) is 3.76. The second-order valence-corrected chi connectivity index (χ2v) is 4.24. The molecule has 0 saturated carbocycles. The van der Waals surface area contributed by atoms with Crippen molar-refractivity contribution in [2.75, 3.05) is 33.3 Å². The minimum atomic E-state index is -0.0733. The van der Waals surface area contributed by atoms with Crippen molar-refractivity contribution in [3.05, 3.63) is 0 Å². The largest absolute Gasteiger partial charge is 0.357 e. The van der Waals surface area contributed by atoms with Crippen LogP contribution >= 0.6 is 12.8 Å². The van der Waals surface area contributed by atoms with E-state index < -0.39 is 0 Å². The normalized spacial score (nSPS) is 39.5. The molecule has 12 heavy (non-hydrogen) atoms. The van der Waals surface area contributed by atoms with Crippen molar-refractivity contribution in [1.82, 2.24) is 9.21 Å². The molecule has 2 fully saturated rings. The molecule has 4 heteroatoms. The number of likely N-dealkylation sites (tertiary alicyclic amines) is 1. The van der Waals surface area contributed by atoms with Crippen LogP contribution in [0.2, 0.25) is 0 Å². The van der Waals surface area contributed by atoms with Gasteiger partial charge in [0.2, 0.25) is 0 Å². The van der Waals surface area contributed by atoms with Crippen LogP contribution < -0.4 is 0 Å². The number of hydrogen-bond acceptors (Lipinski definition) is 4. The zero-order chi connectivity index (χ0) is 8.60. The van der Waals surface area contributed by atoms with Gasteiger partial charge in [0.1, 0.15) is 5.72 Å². The highest BCUT2D eigenvalue weighted by atomic mass is 32.1. The highest BCUT2D eigenvalue weighted by Crippen LogP contribution is 2.33. The second kappa shape index (κ2) is 3.18. The number of rotatable bonds is 0. The monoisotopic (exact) mass is 188 g/mol. The Labute approximate surface area is 79.2 Å². The van der Waals surface area contributed by atoms with Gasteiger partial charge in [-0.25, -0.2) is 4.31 Å². The van der Waals surface area contributed by atoms with Crippen molar-refractivity contribution in [2.45, 2.75) is 18.6 Å². The maximum absolute atomic E-state index is 5.77. The van der Waals surface area contributed by atoms with Crippen LogP contribution in [-0.2, 0) is 4.74 Å². The van der Waals surface area contributed by atoms with E-state index in [4.69, 9.17) is 4.74 Å². The summed E-state index contributed by atoms with van der Waals surface area (Å²) in [6, 6.07) is 0. The lowest BCUT2D eigenvalue weighted by Crippen LogP contribution is -2.52. The summed E-state index contributed by atoms with van der Waals surface area (Å²) in [6.07, 6.45) is 2.34. The third-order valence-electron chi connectivity index (χ3n) is 2.77. The average molecular weight is 188 g/mol. The summed E-state index contributed by atoms with van der Waals surface area (Å²) in [5.41, 5.74) is -0.0733. The van der Waals surface area contributed by atoms with Gasteiger partial charge in [0.05, 0.1) is 6.61 Å². The van der Waals surface area contributed by atoms with E-state index in [0.29, 0.717) is 0 Å². The van der Waals surface area contributed by atoms with Crippen LogP contribution in [0.3, 0.4) is 0 Å². The summed E-state index contributed by atoms with van der Waals surface area (Å²) in [5.74, 6) is 0. The lowest BCUT2D eigenvalue weighted by atomic mass is 10.0. The standard InChI is InChI=1S/C8H16N2OS/c1-9-4-2-3-8(7-9)10(12)5-6-11-8/h12H,2-7H2,1H3. The lowest BCUT2D eigenvalue weighted by molar-refractivity contribution is -0.0887. The fourth-order valence-corrected chi connectivity index (χ4v) is 2.44. The van der Waals surface area contributed by atoms with Gasteiger partial charge in [-0.1, -0.05) is 12.8 Å². The van der Waals surface area contributed by atoms with Crippen LogP contribution in [0.5, 0.6) is 0 Å². The maximum atomic E-state index is 5.77. The molecule has 0 N–H and O–H groups in total. The summed E-state index contributed by atoms with van der Waals surface area (Å²) in [7, 11) is 2.14. The number of piperidine rings is 1. The van der Waals surface area contributed by atoms with E-state index in [1.54, 1.807) is 0 Å². The highest BCUT2D eigenvalue weighted by Gasteiger charge is 2.43. The Kier molecular flexibility index (Phi) is 2.33. The molecule has 0 aromatic carbocycles. The van der Waals surface area contributed by atoms with Crippen LogP contribution in [0.4, 0.5) is 0 Å². The molecular weight excluding hydrogens is 172 g/mol. The summed E-state index contributed by atoms with van der Waals surface area (Å²) in [6.45, 7) is 3.97. The minimum Gasteiger partial charge on any atom is -0.357 e. The molecule has 1 atom stereocenters. The molecule has 0 radical (unpaired) electrons. The van der Waals surface area contributed by atoms with E-state index >= 15 is 0 Å². The third-order valence-corrected chi connectivity index (χ3v) is 3.33. The van der Waals surface area contributed by atoms with E-state index in [2.05, 4.69) is 29.1 Å². The van der Waals surface area contributed by atoms with Gasteiger partial charge in [0.15, 0.2) is 0 Å². The smallest absolute Gasteiger partial charge is 0.143 e. The van der Waals surface area contributed by atoms with Gasteiger partial charge in [-0.2, -0.15) is 0 Å². The molecule has 0 aromatic heterocycles. The molecular formula is C8H16N2OS. The van der Waals surface area contributed by atoms with E-state index in [9.17, 15) is 0 Å². The molecule has 2 saturated heterocycles. The van der Waals surface area contributed by atoms with Gasteiger partial charge in [-0.05, 0) is 26.4 Å². The summed E-state index contributed by atoms with van der Waals surface area (Å²) >= 11 is 4.44. The van der Waals surface area contributed by atoms with Gasteiger partial charge in [-0.3, -0.25) is 0 Å². The third kappa shape index (κ3) is 1.37. The molecule has 70 valence electrons. The van der Waals surface area contributed by atoms with Crippen LogP contribution in [0.15, 0.2) is 0 Å². The average Bonchev–Trinajstić information content (AvgIpc) is 2.33. The van der Waals surface area contributed by atoms with E-state index in [-0.39, 0.29) is 5.72 Å². The fourth-order valence-electron chi connectivity index (χ4n) is 2.13. The van der Waals surface area contributed by atoms with Gasteiger partial charge in [0, 0.05) is 13.1 Å². The van der Waals surface area contributed by atoms with Gasteiger partial charge in [-0.15, -0.1) is 0 Å². The van der Waals surface area contributed by atoms with Crippen molar-refractivity contribution in [2.24, 2.45) is 0 Å². The van der Waals surface area contributed by atoms with Crippen molar-refractivity contribution in [3.8, 4) is 0 Å². The molecule has 2 aliphatic heterocycles. The number of likely N-dealkylation sites (N-methyl/N-ethyl adjacent to an activating group) is 1. The van der Waals surface area contributed by atoms with Crippen LogP contribution in [0.1, 0.15) is 12.8 Å². The molecule has 1 unspecified atom stereocenters. The maximum Gasteiger partial charge on any atom is 0.143 e. The van der Waals surface area contributed by atoms with Crippen molar-refractivity contribution in [1.29, 1.82) is 0 Å². The Morgan fingerprint density at radius 2 is 2.25 bits per heavy atom. The molecule has 0 aliphatic carbocycles. The lowest BCUT2D eigenvalue weighted by Gasteiger charge is -2.41. The predicted octanol–water partition coefficient (Wildman–Crippen LogP) is 0.585. The number of hydrogen-bond donors (Lipinski definition) is 1. The fraction of sp³-hybridized carbons (Fsp3) is 1.00. The molecule has 2 heterocycles. The molecule has 3 nitrogen and oxygen atoms in total. The number of thiol groups is 1. The summed E-state index contributed by atoms with van der Waals surface area (Å²) < 4.78 is 7.83. The first kappa shape index (κ1) is 8.81. The molecule has 0 bridgehead atoms. The quantitative estimate of drug-likeness (QED) is 0.560. The van der Waals surface area contributed by atoms with Crippen molar-refractivity contribution < 1.29 is 4.74 Å². The Balaban J connectivity index is 2.08. The molecule has 2 aliphatic rings. The SMILES string of the molecule is CN1CCCC2(C1)OCCN2S. The van der Waals surface area contributed by atoms with Crippen LogP contribution in [0, 0.1) is 0 Å². The van der Waals surface area contributed by atoms with Gasteiger partial charge >= 0.3 is 0 Å². The van der Waals surface area contributed by atoms with E-state index in [1.807, 2.05) is 0 Å². The first-order valence-corrected chi connectivity index (χ1v) is 4.92. The Morgan fingerprint density at radius 3 is 2.83 bits per heavy atom. The molecule has 1 spiro atoms. The van der Waals surface area contributed by atoms with Crippen LogP contribution in [-0.4, -0.2) is 48.2 Å². The summed E-state index contributed by atoms with van der Waals surface area (Å²) in [4.78, 5) is 2.32. The highest BCUT2D eigenvalue weighted by molar-refractivity contribution is 7.77. The minimum absolute atomic E-state index is 0.0733. The first-order chi connectivity index (χ1) is 5.73. The van der Waals surface area contributed by atoms with Gasteiger partial charge in [0.25, 0.3) is 0 Å². The van der Waals surface area contributed by atoms with Gasteiger partial charge < -0.3 is 9.64 Å². The first-order valence-electron chi connectivity index (χ1n) is 4.52. The Hall–Kier alpha value is 0.230. The van der Waals surface area contributed by atoms with E-state index in [0.717, 1.165) is 26.1 Å². The van der Waals surface area contributed by atoms with Crippen LogP contribution in [0.25, 0.3) is 0 Å². The Bertz CT molecular complexity index is 178. The van der Waals surface area contributed by atoms with E-state index in [1.165, 1.54) is 13.0 Å².